The number of rotatable bonds is 8. The highest BCUT2D eigenvalue weighted by Crippen LogP contribution is 2.34. The van der Waals surface area contributed by atoms with Crippen LogP contribution in [0, 0.1) is 0 Å². The zero-order valence-corrected chi connectivity index (χ0v) is 25.4. The number of aryl methyl sites for hydroxylation is 1. The Bertz CT molecular complexity index is 1550. The zero-order valence-electron chi connectivity index (χ0n) is 25.4. The summed E-state index contributed by atoms with van der Waals surface area (Å²) in [7, 11) is 1.78. The maximum absolute atomic E-state index is 13.3. The summed E-state index contributed by atoms with van der Waals surface area (Å²) < 4.78 is 8.62. The number of fused-ring (bicyclic) bond motifs is 1. The highest BCUT2D eigenvalue weighted by atomic mass is 16.5. The number of imidazole rings is 1. The summed E-state index contributed by atoms with van der Waals surface area (Å²) in [6.45, 7) is 6.21. The van der Waals surface area contributed by atoms with E-state index < -0.39 is 11.9 Å². The first-order valence-corrected chi connectivity index (χ1v) is 15.8. The molecule has 3 aliphatic heterocycles. The number of para-hydroxylation sites is 1. The monoisotopic (exact) mass is 602 g/mol. The standard InChI is InChI=1S/C33H42N6O5/c1-36-30-26(8-5-9-27(30)39(33(36)43)28-10-11-29(40)35-31(28)41)24-12-16-37(17-13-24)20-21-38-18-14-25(15-19-38)34-32(42)44-22-23-6-3-2-4-7-23/h2-9,24-25,28H,10-22H2,1H3,(H,34,42)(H,35,40,41). The van der Waals surface area contributed by atoms with Gasteiger partial charge in [0.05, 0.1) is 11.0 Å². The van der Waals surface area contributed by atoms with Crippen LogP contribution in [-0.4, -0.2) is 82.2 Å². The lowest BCUT2D eigenvalue weighted by Crippen LogP contribution is -2.47. The number of benzene rings is 2. The molecule has 0 aliphatic carbocycles. The van der Waals surface area contributed by atoms with Crippen LogP contribution in [0.15, 0.2) is 53.3 Å². The third-order valence-electron chi connectivity index (χ3n) is 9.54. The fourth-order valence-electron chi connectivity index (χ4n) is 7.01. The molecule has 0 bridgehead atoms. The minimum atomic E-state index is -0.671. The number of nitrogens with zero attached hydrogens (tertiary/aromatic N) is 4. The normalized spacial score (nSPS) is 21.0. The van der Waals surface area contributed by atoms with Gasteiger partial charge >= 0.3 is 11.8 Å². The van der Waals surface area contributed by atoms with Crippen LogP contribution in [0.3, 0.4) is 0 Å². The molecule has 6 rings (SSSR count). The van der Waals surface area contributed by atoms with Gasteiger partial charge in [-0.15, -0.1) is 0 Å². The molecule has 0 radical (unpaired) electrons. The molecule has 3 aromatic rings. The van der Waals surface area contributed by atoms with Crippen LogP contribution in [0.2, 0.25) is 0 Å². The predicted molar refractivity (Wildman–Crippen MR) is 166 cm³/mol. The lowest BCUT2D eigenvalue weighted by atomic mass is 9.88. The molecule has 11 heteroatoms. The Labute approximate surface area is 257 Å². The number of aromatic nitrogens is 2. The summed E-state index contributed by atoms with van der Waals surface area (Å²) in [5.41, 5.74) is 3.57. The van der Waals surface area contributed by atoms with E-state index in [0.717, 1.165) is 87.1 Å². The van der Waals surface area contributed by atoms with Gasteiger partial charge in [-0.2, -0.15) is 0 Å². The molecule has 0 spiro atoms. The Kier molecular flexibility index (Phi) is 9.13. The second-order valence-corrected chi connectivity index (χ2v) is 12.3. The molecular formula is C33H42N6O5. The van der Waals surface area contributed by atoms with Crippen molar-refractivity contribution in [3.8, 4) is 0 Å². The van der Waals surface area contributed by atoms with Gasteiger partial charge in [-0.25, -0.2) is 9.59 Å². The maximum atomic E-state index is 13.3. The van der Waals surface area contributed by atoms with Crippen molar-refractivity contribution < 1.29 is 19.1 Å². The van der Waals surface area contributed by atoms with Crippen LogP contribution in [0.4, 0.5) is 4.79 Å². The van der Waals surface area contributed by atoms with Gasteiger partial charge in [-0.3, -0.25) is 24.0 Å². The molecule has 234 valence electrons. The fourth-order valence-corrected chi connectivity index (χ4v) is 7.01. The molecule has 4 heterocycles. The van der Waals surface area contributed by atoms with Crippen LogP contribution in [0.25, 0.3) is 11.0 Å². The molecule has 44 heavy (non-hydrogen) atoms. The number of nitrogens with one attached hydrogen (secondary N) is 2. The Morgan fingerprint density at radius 3 is 2.25 bits per heavy atom. The van der Waals surface area contributed by atoms with Crippen molar-refractivity contribution >= 4 is 28.9 Å². The molecule has 3 saturated heterocycles. The van der Waals surface area contributed by atoms with Crippen molar-refractivity contribution in [1.82, 2.24) is 29.6 Å². The quantitative estimate of drug-likeness (QED) is 0.381. The smallest absolute Gasteiger partial charge is 0.407 e. The molecule has 2 aromatic carbocycles. The minimum absolute atomic E-state index is 0.147. The van der Waals surface area contributed by atoms with Crippen molar-refractivity contribution in [2.75, 3.05) is 39.3 Å². The number of hydrogen-bond donors (Lipinski definition) is 2. The van der Waals surface area contributed by atoms with E-state index in [1.807, 2.05) is 42.5 Å². The topological polar surface area (TPSA) is 118 Å². The second-order valence-electron chi connectivity index (χ2n) is 12.3. The summed E-state index contributed by atoms with van der Waals surface area (Å²) in [5.74, 6) is -0.358. The number of piperidine rings is 3. The number of ether oxygens (including phenoxy) is 1. The van der Waals surface area contributed by atoms with Crippen molar-refractivity contribution in [1.29, 1.82) is 0 Å². The SMILES string of the molecule is Cn1c(=O)n(C2CCC(=O)NC2=O)c2cccc(C3CCN(CCN4CCC(NC(=O)OCc5ccccc5)CC4)CC3)c21. The van der Waals surface area contributed by atoms with Gasteiger partial charge in [-0.05, 0) is 68.3 Å². The first-order valence-electron chi connectivity index (χ1n) is 15.8. The Hall–Kier alpha value is -3.96. The number of likely N-dealkylation sites (tertiary alicyclic amines) is 2. The summed E-state index contributed by atoms with van der Waals surface area (Å²) in [6.07, 6.45) is 4.08. The largest absolute Gasteiger partial charge is 0.445 e. The van der Waals surface area contributed by atoms with E-state index in [9.17, 15) is 19.2 Å². The lowest BCUT2D eigenvalue weighted by Gasteiger charge is -2.36. The Morgan fingerprint density at radius 2 is 1.57 bits per heavy atom. The van der Waals surface area contributed by atoms with E-state index >= 15 is 0 Å². The van der Waals surface area contributed by atoms with Crippen LogP contribution in [0.5, 0.6) is 0 Å². The molecule has 3 aliphatic rings. The highest BCUT2D eigenvalue weighted by Gasteiger charge is 2.33. The van der Waals surface area contributed by atoms with Gasteiger partial charge in [0.25, 0.3) is 0 Å². The second kappa shape index (κ2) is 13.4. The fraction of sp³-hybridized carbons (Fsp3) is 0.515. The summed E-state index contributed by atoms with van der Waals surface area (Å²) in [6, 6.07) is 15.2. The van der Waals surface area contributed by atoms with E-state index in [0.29, 0.717) is 12.3 Å². The first-order chi connectivity index (χ1) is 21.4. The third kappa shape index (κ3) is 6.58. The Balaban J connectivity index is 0.974. The average Bonchev–Trinajstić information content (AvgIpc) is 3.30. The molecule has 1 atom stereocenters. The summed E-state index contributed by atoms with van der Waals surface area (Å²) in [5, 5.41) is 5.41. The van der Waals surface area contributed by atoms with Gasteiger partial charge in [0.1, 0.15) is 12.6 Å². The zero-order chi connectivity index (χ0) is 30.6. The number of amides is 3. The first kappa shape index (κ1) is 30.1. The van der Waals surface area contributed by atoms with Gasteiger partial charge in [0.15, 0.2) is 0 Å². The maximum Gasteiger partial charge on any atom is 0.407 e. The van der Waals surface area contributed by atoms with Crippen molar-refractivity contribution in [3.05, 3.63) is 70.1 Å². The van der Waals surface area contributed by atoms with Crippen LogP contribution in [-0.2, 0) is 28.0 Å². The molecular weight excluding hydrogens is 560 g/mol. The Morgan fingerprint density at radius 1 is 0.886 bits per heavy atom. The van der Waals surface area contributed by atoms with E-state index in [2.05, 4.69) is 26.5 Å². The molecule has 3 amide bonds. The van der Waals surface area contributed by atoms with E-state index in [-0.39, 0.29) is 36.8 Å². The van der Waals surface area contributed by atoms with E-state index in [4.69, 9.17) is 4.74 Å². The van der Waals surface area contributed by atoms with Gasteiger partial charge in [0, 0.05) is 45.7 Å². The third-order valence-corrected chi connectivity index (χ3v) is 9.54. The minimum Gasteiger partial charge on any atom is -0.445 e. The molecule has 0 saturated carbocycles. The molecule has 1 unspecified atom stereocenters. The van der Waals surface area contributed by atoms with Crippen molar-refractivity contribution in [2.24, 2.45) is 7.05 Å². The number of carbonyl (C=O) groups is 3. The van der Waals surface area contributed by atoms with Gasteiger partial charge in [-0.1, -0.05) is 42.5 Å². The van der Waals surface area contributed by atoms with Crippen LogP contribution in [0.1, 0.15) is 61.6 Å². The number of hydrogen-bond acceptors (Lipinski definition) is 7. The van der Waals surface area contributed by atoms with E-state index in [1.165, 1.54) is 0 Å². The van der Waals surface area contributed by atoms with Crippen molar-refractivity contribution in [2.45, 2.75) is 63.1 Å². The predicted octanol–water partition coefficient (Wildman–Crippen LogP) is 2.89. The lowest BCUT2D eigenvalue weighted by molar-refractivity contribution is -0.135. The number of alkyl carbamates (subject to hydrolysis) is 1. The summed E-state index contributed by atoms with van der Waals surface area (Å²) >= 11 is 0. The average molecular weight is 603 g/mol. The molecule has 1 aromatic heterocycles. The van der Waals surface area contributed by atoms with E-state index in [1.54, 1.807) is 16.2 Å². The highest BCUT2D eigenvalue weighted by molar-refractivity contribution is 6.00. The van der Waals surface area contributed by atoms with Gasteiger partial charge < -0.3 is 19.9 Å². The molecule has 11 nitrogen and oxygen atoms in total. The van der Waals surface area contributed by atoms with Gasteiger partial charge in [0.2, 0.25) is 11.8 Å². The molecule has 2 N–H and O–H groups in total. The number of imide groups is 1. The molecule has 3 fully saturated rings. The van der Waals surface area contributed by atoms with Crippen molar-refractivity contribution in [3.63, 3.8) is 0 Å². The summed E-state index contributed by atoms with van der Waals surface area (Å²) in [4.78, 5) is 54.8. The van der Waals surface area contributed by atoms with Crippen LogP contribution < -0.4 is 16.3 Å². The number of carbonyl (C=O) groups excluding carboxylic acids is 3. The van der Waals surface area contributed by atoms with Crippen LogP contribution >= 0.6 is 0 Å².